The van der Waals surface area contributed by atoms with Crippen molar-refractivity contribution in [3.8, 4) is 11.5 Å². The maximum atomic E-state index is 12.2. The Morgan fingerprint density at radius 3 is 2.45 bits per heavy atom. The van der Waals surface area contributed by atoms with Crippen molar-refractivity contribution in [3.63, 3.8) is 0 Å². The predicted molar refractivity (Wildman–Crippen MR) is 66.5 cm³/mol. The van der Waals surface area contributed by atoms with Crippen molar-refractivity contribution >= 4 is 11.9 Å². The Kier molecular flexibility index (Phi) is 6.21. The molecule has 0 aromatic carbocycles. The number of amides is 1. The number of rotatable bonds is 8. The maximum absolute atomic E-state index is 12.2. The van der Waals surface area contributed by atoms with Crippen LogP contribution in [0.15, 0.2) is 12.4 Å². The number of carbonyl (C=O) groups excluding carboxylic acids is 2. The van der Waals surface area contributed by atoms with Crippen molar-refractivity contribution in [2.45, 2.75) is 13.3 Å². The molecule has 0 fully saturated rings. The van der Waals surface area contributed by atoms with Crippen LogP contribution < -0.4 is 15.2 Å². The molecule has 1 rings (SSSR count). The van der Waals surface area contributed by atoms with E-state index in [9.17, 15) is 14.0 Å². The number of carbonyl (C=O) groups is 2. The lowest BCUT2D eigenvalue weighted by Crippen LogP contribution is -2.15. The molecule has 7 nitrogen and oxygen atoms in total. The number of pyridine rings is 1. The van der Waals surface area contributed by atoms with Crippen LogP contribution in [-0.2, 0) is 4.74 Å². The van der Waals surface area contributed by atoms with Gasteiger partial charge in [0.25, 0.3) is 0 Å². The molecule has 1 amide bonds. The summed E-state index contributed by atoms with van der Waals surface area (Å²) in [6.07, 6.45) is 2.08. The molecular formula is C12H15FN2O5. The normalized spacial score (nSPS) is 9.90. The van der Waals surface area contributed by atoms with Crippen LogP contribution in [0, 0.1) is 0 Å². The highest BCUT2D eigenvalue weighted by atomic mass is 19.1. The molecule has 8 heteroatoms. The van der Waals surface area contributed by atoms with Gasteiger partial charge < -0.3 is 19.9 Å². The summed E-state index contributed by atoms with van der Waals surface area (Å²) >= 11 is 0. The molecule has 1 heterocycles. The topological polar surface area (TPSA) is 101 Å². The van der Waals surface area contributed by atoms with Crippen LogP contribution in [0.1, 0.15) is 23.7 Å². The highest BCUT2D eigenvalue weighted by Gasteiger charge is 2.16. The van der Waals surface area contributed by atoms with Crippen molar-refractivity contribution in [2.24, 2.45) is 5.73 Å². The second-order valence-electron chi connectivity index (χ2n) is 3.69. The minimum atomic E-state index is -1.07. The average molecular weight is 286 g/mol. The summed E-state index contributed by atoms with van der Waals surface area (Å²) in [7, 11) is 0. The summed E-state index contributed by atoms with van der Waals surface area (Å²) in [6, 6.07) is 0. The van der Waals surface area contributed by atoms with Crippen LogP contribution in [0.4, 0.5) is 9.18 Å². The Morgan fingerprint density at radius 2 is 1.90 bits per heavy atom. The van der Waals surface area contributed by atoms with Crippen LogP contribution >= 0.6 is 0 Å². The SMILES string of the molecule is CC(=O)c1c(OCF)cncc1OCCCOC(N)=O. The third-order valence-corrected chi connectivity index (χ3v) is 2.23. The summed E-state index contributed by atoms with van der Waals surface area (Å²) in [4.78, 5) is 25.7. The Labute approximate surface area is 114 Å². The first kappa shape index (κ1) is 15.7. The van der Waals surface area contributed by atoms with Crippen LogP contribution in [0.5, 0.6) is 11.5 Å². The van der Waals surface area contributed by atoms with E-state index in [0.717, 1.165) is 0 Å². The second-order valence-corrected chi connectivity index (χ2v) is 3.69. The van der Waals surface area contributed by atoms with Crippen molar-refractivity contribution in [1.82, 2.24) is 4.98 Å². The lowest BCUT2D eigenvalue weighted by molar-refractivity contribution is 0.100. The standard InChI is InChI=1S/C12H15FN2O5/c1-8(16)11-9(5-15-6-10(11)20-7-13)18-3-2-4-19-12(14)17/h5-6H,2-4,7H2,1H3,(H2,14,17). The Bertz CT molecular complexity index is 481. The first-order valence-electron chi connectivity index (χ1n) is 5.79. The molecule has 0 atom stereocenters. The van der Waals surface area contributed by atoms with Gasteiger partial charge in [0, 0.05) is 6.42 Å². The number of ether oxygens (including phenoxy) is 3. The molecule has 0 radical (unpaired) electrons. The van der Waals surface area contributed by atoms with Crippen molar-refractivity contribution < 1.29 is 28.2 Å². The minimum Gasteiger partial charge on any atom is -0.491 e. The molecule has 0 unspecified atom stereocenters. The van der Waals surface area contributed by atoms with Crippen LogP contribution in [-0.4, -0.2) is 36.9 Å². The number of halogens is 1. The van der Waals surface area contributed by atoms with E-state index in [4.69, 9.17) is 10.5 Å². The van der Waals surface area contributed by atoms with Gasteiger partial charge in [0.05, 0.1) is 25.6 Å². The molecule has 0 spiro atoms. The summed E-state index contributed by atoms with van der Waals surface area (Å²) in [5.74, 6) is -0.132. The molecule has 0 bridgehead atoms. The number of nitrogens with two attached hydrogens (primary N) is 1. The van der Waals surface area contributed by atoms with Crippen molar-refractivity contribution in [3.05, 3.63) is 18.0 Å². The van der Waals surface area contributed by atoms with E-state index in [1.54, 1.807) is 0 Å². The van der Waals surface area contributed by atoms with E-state index in [-0.39, 0.29) is 36.1 Å². The van der Waals surface area contributed by atoms with E-state index in [0.29, 0.717) is 6.42 Å². The molecule has 0 saturated carbocycles. The quantitative estimate of drug-likeness (QED) is 0.573. The molecule has 0 aliphatic rings. The number of hydrogen-bond donors (Lipinski definition) is 1. The van der Waals surface area contributed by atoms with Crippen LogP contribution in [0.3, 0.4) is 0 Å². The number of Topliss-reactive ketones (excluding diaryl/α,β-unsaturated/α-hetero) is 1. The fraction of sp³-hybridized carbons (Fsp3) is 0.417. The predicted octanol–water partition coefficient (Wildman–Crippen LogP) is 1.45. The van der Waals surface area contributed by atoms with Gasteiger partial charge in [-0.25, -0.2) is 9.18 Å². The molecular weight excluding hydrogens is 271 g/mol. The third-order valence-electron chi connectivity index (χ3n) is 2.23. The van der Waals surface area contributed by atoms with E-state index in [2.05, 4.69) is 14.5 Å². The first-order chi connectivity index (χ1) is 9.56. The molecule has 2 N–H and O–H groups in total. The zero-order valence-electron chi connectivity index (χ0n) is 10.9. The van der Waals surface area contributed by atoms with E-state index >= 15 is 0 Å². The fourth-order valence-electron chi connectivity index (χ4n) is 1.46. The molecule has 1 aromatic heterocycles. The van der Waals surface area contributed by atoms with Gasteiger partial charge in [-0.2, -0.15) is 0 Å². The second kappa shape index (κ2) is 7.93. The monoisotopic (exact) mass is 286 g/mol. The summed E-state index contributed by atoms with van der Waals surface area (Å²) in [5.41, 5.74) is 4.91. The molecule has 0 saturated heterocycles. The number of alkyl halides is 1. The minimum absolute atomic E-state index is 0.0193. The Morgan fingerprint density at radius 1 is 1.25 bits per heavy atom. The third kappa shape index (κ3) is 4.71. The maximum Gasteiger partial charge on any atom is 0.404 e. The molecule has 0 aliphatic carbocycles. The van der Waals surface area contributed by atoms with E-state index in [1.165, 1.54) is 19.3 Å². The number of nitrogens with zero attached hydrogens (tertiary/aromatic N) is 1. The molecule has 1 aromatic rings. The summed E-state index contributed by atoms with van der Waals surface area (Å²) in [5, 5.41) is 0. The number of aromatic nitrogens is 1. The molecule has 110 valence electrons. The van der Waals surface area contributed by atoms with Gasteiger partial charge in [-0.1, -0.05) is 0 Å². The highest BCUT2D eigenvalue weighted by molar-refractivity contribution is 5.99. The van der Waals surface area contributed by atoms with E-state index in [1.807, 2.05) is 0 Å². The fourth-order valence-corrected chi connectivity index (χ4v) is 1.46. The van der Waals surface area contributed by atoms with Crippen LogP contribution in [0.25, 0.3) is 0 Å². The zero-order chi connectivity index (χ0) is 15.0. The van der Waals surface area contributed by atoms with Gasteiger partial charge >= 0.3 is 6.09 Å². The number of ketones is 1. The van der Waals surface area contributed by atoms with Crippen LogP contribution in [0.2, 0.25) is 0 Å². The summed E-state index contributed by atoms with van der Waals surface area (Å²) < 4.78 is 26.8. The number of primary amides is 1. The highest BCUT2D eigenvalue weighted by Crippen LogP contribution is 2.27. The van der Waals surface area contributed by atoms with E-state index < -0.39 is 13.0 Å². The molecule has 0 aliphatic heterocycles. The lowest BCUT2D eigenvalue weighted by atomic mass is 10.1. The number of hydrogen-bond acceptors (Lipinski definition) is 6. The lowest BCUT2D eigenvalue weighted by Gasteiger charge is -2.12. The molecule has 20 heavy (non-hydrogen) atoms. The largest absolute Gasteiger partial charge is 0.491 e. The summed E-state index contributed by atoms with van der Waals surface area (Å²) in [6.45, 7) is 0.508. The zero-order valence-corrected chi connectivity index (χ0v) is 10.9. The van der Waals surface area contributed by atoms with Gasteiger partial charge in [0.2, 0.25) is 6.86 Å². The van der Waals surface area contributed by atoms with Crippen molar-refractivity contribution in [2.75, 3.05) is 20.1 Å². The van der Waals surface area contributed by atoms with Crippen molar-refractivity contribution in [1.29, 1.82) is 0 Å². The smallest absolute Gasteiger partial charge is 0.404 e. The van der Waals surface area contributed by atoms with Gasteiger partial charge in [-0.15, -0.1) is 0 Å². The van der Waals surface area contributed by atoms with Gasteiger partial charge in [-0.05, 0) is 6.92 Å². The Balaban J connectivity index is 2.66. The van der Waals surface area contributed by atoms with Gasteiger partial charge in [0.15, 0.2) is 17.3 Å². The Hall–Kier alpha value is -2.38. The average Bonchev–Trinajstić information content (AvgIpc) is 2.38. The first-order valence-corrected chi connectivity index (χ1v) is 5.79. The van der Waals surface area contributed by atoms with Gasteiger partial charge in [-0.3, -0.25) is 9.78 Å². The van der Waals surface area contributed by atoms with Gasteiger partial charge in [0.1, 0.15) is 5.56 Å².